The van der Waals surface area contributed by atoms with Crippen molar-refractivity contribution in [3.8, 4) is 6.07 Å². The molecule has 0 saturated carbocycles. The van der Waals surface area contributed by atoms with Crippen molar-refractivity contribution >= 4 is 5.69 Å². The quantitative estimate of drug-likeness (QED) is 0.869. The number of aliphatic hydroxyl groups excluding tert-OH is 1. The first-order valence-corrected chi connectivity index (χ1v) is 5.35. The van der Waals surface area contributed by atoms with Gasteiger partial charge in [-0.1, -0.05) is 0 Å². The molecule has 0 aliphatic rings. The lowest BCUT2D eigenvalue weighted by molar-refractivity contribution is 0.244. The number of hydrogen-bond donors (Lipinski definition) is 2. The smallest absolute Gasteiger partial charge is 0.141 e. The van der Waals surface area contributed by atoms with Gasteiger partial charge in [-0.2, -0.15) is 5.26 Å². The van der Waals surface area contributed by atoms with Gasteiger partial charge in [0.15, 0.2) is 0 Å². The average molecular weight is 246 g/mol. The Morgan fingerprint density at radius 1 is 1.28 bits per heavy atom. The molecule has 0 spiro atoms. The molecule has 0 unspecified atom stereocenters. The summed E-state index contributed by atoms with van der Waals surface area (Å²) < 4.78 is 18.4. The second-order valence-corrected chi connectivity index (χ2v) is 3.69. The molecule has 2 aromatic rings. The third-order valence-corrected chi connectivity index (χ3v) is 2.43. The van der Waals surface area contributed by atoms with Gasteiger partial charge in [0.05, 0.1) is 12.1 Å². The number of halogens is 1. The fourth-order valence-corrected chi connectivity index (χ4v) is 1.51. The second kappa shape index (κ2) is 5.34. The molecule has 0 fully saturated rings. The van der Waals surface area contributed by atoms with Gasteiger partial charge < -0.3 is 14.8 Å². The van der Waals surface area contributed by atoms with Gasteiger partial charge in [0.2, 0.25) is 0 Å². The number of rotatable bonds is 4. The van der Waals surface area contributed by atoms with E-state index in [2.05, 4.69) is 5.32 Å². The van der Waals surface area contributed by atoms with Gasteiger partial charge in [0.25, 0.3) is 0 Å². The maximum atomic E-state index is 13.1. The summed E-state index contributed by atoms with van der Waals surface area (Å²) >= 11 is 0. The van der Waals surface area contributed by atoms with E-state index in [1.807, 2.05) is 0 Å². The minimum absolute atomic E-state index is 0.00417. The zero-order valence-electron chi connectivity index (χ0n) is 9.48. The van der Waals surface area contributed by atoms with E-state index in [-0.39, 0.29) is 12.2 Å². The number of nitrogens with zero attached hydrogens (tertiary/aromatic N) is 1. The van der Waals surface area contributed by atoms with Crippen molar-refractivity contribution in [2.24, 2.45) is 0 Å². The lowest BCUT2D eigenvalue weighted by atomic mass is 10.2. The predicted octanol–water partition coefficient (Wildman–Crippen LogP) is 2.39. The van der Waals surface area contributed by atoms with Crippen LogP contribution in [0.3, 0.4) is 0 Å². The standard InChI is InChI=1S/C13H11FN2O2/c14-13-4-1-10(5-9(13)6-15)16-7-11-2-3-12(8-17)18-11/h1-5,16-17H,7-8H2. The van der Waals surface area contributed by atoms with Gasteiger partial charge in [-0.15, -0.1) is 0 Å². The minimum atomic E-state index is -0.538. The lowest BCUT2D eigenvalue weighted by Crippen LogP contribution is -1.99. The Hall–Kier alpha value is -2.32. The van der Waals surface area contributed by atoms with Crippen LogP contribution >= 0.6 is 0 Å². The second-order valence-electron chi connectivity index (χ2n) is 3.69. The molecule has 2 rings (SSSR count). The number of aliphatic hydroxyl groups is 1. The van der Waals surface area contributed by atoms with E-state index in [4.69, 9.17) is 14.8 Å². The van der Waals surface area contributed by atoms with Crippen LogP contribution in [0.1, 0.15) is 17.1 Å². The Kier molecular flexibility index (Phi) is 3.60. The Morgan fingerprint density at radius 2 is 2.06 bits per heavy atom. The van der Waals surface area contributed by atoms with Crippen molar-refractivity contribution in [1.82, 2.24) is 0 Å². The van der Waals surface area contributed by atoms with Crippen LogP contribution in [0, 0.1) is 17.1 Å². The number of furan rings is 1. The van der Waals surface area contributed by atoms with E-state index in [9.17, 15) is 4.39 Å². The largest absolute Gasteiger partial charge is 0.462 e. The Morgan fingerprint density at radius 3 is 2.72 bits per heavy atom. The fourth-order valence-electron chi connectivity index (χ4n) is 1.51. The topological polar surface area (TPSA) is 69.2 Å². The molecule has 0 saturated heterocycles. The van der Waals surface area contributed by atoms with Crippen LogP contribution in [0.25, 0.3) is 0 Å². The molecular weight excluding hydrogens is 235 g/mol. The summed E-state index contributed by atoms with van der Waals surface area (Å²) in [6.45, 7) is 0.256. The average Bonchev–Trinajstić information content (AvgIpc) is 2.86. The highest BCUT2D eigenvalue weighted by Gasteiger charge is 2.04. The molecule has 92 valence electrons. The van der Waals surface area contributed by atoms with Gasteiger partial charge in [0.1, 0.15) is 30.0 Å². The maximum absolute atomic E-state index is 13.1. The highest BCUT2D eigenvalue weighted by molar-refractivity contribution is 5.49. The molecule has 0 radical (unpaired) electrons. The van der Waals surface area contributed by atoms with E-state index in [1.165, 1.54) is 12.1 Å². The van der Waals surface area contributed by atoms with Crippen LogP contribution in [-0.2, 0) is 13.2 Å². The molecule has 5 heteroatoms. The number of nitrogens with one attached hydrogen (secondary N) is 1. The third kappa shape index (κ3) is 2.67. The summed E-state index contributed by atoms with van der Waals surface area (Å²) in [5.74, 6) is 0.606. The van der Waals surface area contributed by atoms with E-state index in [1.54, 1.807) is 24.3 Å². The van der Waals surface area contributed by atoms with Crippen molar-refractivity contribution in [3.05, 3.63) is 53.2 Å². The Balaban J connectivity index is 2.04. The summed E-state index contributed by atoms with van der Waals surface area (Å²) in [6, 6.07) is 9.42. The lowest BCUT2D eigenvalue weighted by Gasteiger charge is -2.05. The van der Waals surface area contributed by atoms with Crippen LogP contribution in [0.15, 0.2) is 34.7 Å². The SMILES string of the molecule is N#Cc1cc(NCc2ccc(CO)o2)ccc1F. The maximum Gasteiger partial charge on any atom is 0.141 e. The highest BCUT2D eigenvalue weighted by atomic mass is 19.1. The minimum Gasteiger partial charge on any atom is -0.462 e. The summed E-state index contributed by atoms with van der Waals surface area (Å²) in [6.07, 6.45) is 0. The van der Waals surface area contributed by atoms with Crippen molar-refractivity contribution in [2.75, 3.05) is 5.32 Å². The van der Waals surface area contributed by atoms with Crippen LogP contribution in [-0.4, -0.2) is 5.11 Å². The summed E-state index contributed by atoms with van der Waals surface area (Å²) in [7, 11) is 0. The number of nitriles is 1. The first-order chi connectivity index (χ1) is 8.72. The predicted molar refractivity (Wildman–Crippen MR) is 63.1 cm³/mol. The van der Waals surface area contributed by atoms with Crippen molar-refractivity contribution in [2.45, 2.75) is 13.2 Å². The molecule has 0 aliphatic carbocycles. The van der Waals surface area contributed by atoms with Crippen molar-refractivity contribution < 1.29 is 13.9 Å². The van der Waals surface area contributed by atoms with Crippen molar-refractivity contribution in [1.29, 1.82) is 5.26 Å². The number of hydrogen-bond acceptors (Lipinski definition) is 4. The van der Waals surface area contributed by atoms with Crippen molar-refractivity contribution in [3.63, 3.8) is 0 Å². The van der Waals surface area contributed by atoms with E-state index >= 15 is 0 Å². The molecule has 1 heterocycles. The first-order valence-electron chi connectivity index (χ1n) is 5.35. The zero-order chi connectivity index (χ0) is 13.0. The molecule has 0 aliphatic heterocycles. The molecule has 0 atom stereocenters. The normalized spacial score (nSPS) is 10.1. The Bertz CT molecular complexity index is 587. The van der Waals surface area contributed by atoms with Gasteiger partial charge >= 0.3 is 0 Å². The van der Waals surface area contributed by atoms with E-state index < -0.39 is 5.82 Å². The molecule has 4 nitrogen and oxygen atoms in total. The molecule has 0 amide bonds. The Labute approximate surface area is 103 Å². The fraction of sp³-hybridized carbons (Fsp3) is 0.154. The summed E-state index contributed by atoms with van der Waals surface area (Å²) in [5.41, 5.74) is 0.630. The molecule has 0 bridgehead atoms. The van der Waals surface area contributed by atoms with Crippen LogP contribution < -0.4 is 5.32 Å². The molecule has 18 heavy (non-hydrogen) atoms. The van der Waals surface area contributed by atoms with E-state index in [0.29, 0.717) is 23.8 Å². The van der Waals surface area contributed by atoms with E-state index in [0.717, 1.165) is 0 Å². The van der Waals surface area contributed by atoms with Crippen LogP contribution in [0.5, 0.6) is 0 Å². The zero-order valence-corrected chi connectivity index (χ0v) is 9.48. The highest BCUT2D eigenvalue weighted by Crippen LogP contribution is 2.15. The number of anilines is 1. The third-order valence-electron chi connectivity index (χ3n) is 2.43. The van der Waals surface area contributed by atoms with Crippen LogP contribution in [0.2, 0.25) is 0 Å². The molecular formula is C13H11FN2O2. The van der Waals surface area contributed by atoms with Gasteiger partial charge in [-0.05, 0) is 30.3 Å². The monoisotopic (exact) mass is 246 g/mol. The van der Waals surface area contributed by atoms with Gasteiger partial charge in [-0.25, -0.2) is 4.39 Å². The molecule has 1 aromatic heterocycles. The van der Waals surface area contributed by atoms with Gasteiger partial charge in [-0.3, -0.25) is 0 Å². The van der Waals surface area contributed by atoms with Gasteiger partial charge in [0, 0.05) is 5.69 Å². The summed E-state index contributed by atoms with van der Waals surface area (Å²) in [5, 5.41) is 20.5. The molecule has 2 N–H and O–H groups in total. The summed E-state index contributed by atoms with van der Waals surface area (Å²) in [4.78, 5) is 0. The van der Waals surface area contributed by atoms with Crippen LogP contribution in [0.4, 0.5) is 10.1 Å². The molecule has 1 aromatic carbocycles. The first kappa shape index (κ1) is 12.1. The number of benzene rings is 1.